The van der Waals surface area contributed by atoms with E-state index in [1.54, 1.807) is 7.11 Å². The Hall–Kier alpha value is -2.24. The SMILES string of the molecule is CCOc1cc(CN2CCC[C@@H](CCC(=O)NCc3ccccc3Cl)C2)ccc1OC. The van der Waals surface area contributed by atoms with Crippen LogP contribution in [-0.2, 0) is 17.9 Å². The van der Waals surface area contributed by atoms with Crippen LogP contribution in [0.15, 0.2) is 42.5 Å². The number of rotatable bonds is 10. The number of ether oxygens (including phenoxy) is 2. The Labute approximate surface area is 190 Å². The van der Waals surface area contributed by atoms with E-state index >= 15 is 0 Å². The molecule has 5 nitrogen and oxygen atoms in total. The van der Waals surface area contributed by atoms with Gasteiger partial charge in [0.25, 0.3) is 0 Å². The molecule has 0 aromatic heterocycles. The Morgan fingerprint density at radius 1 is 1.23 bits per heavy atom. The van der Waals surface area contributed by atoms with Gasteiger partial charge < -0.3 is 14.8 Å². The molecule has 0 unspecified atom stereocenters. The van der Waals surface area contributed by atoms with E-state index in [1.165, 1.54) is 18.4 Å². The molecule has 0 radical (unpaired) electrons. The van der Waals surface area contributed by atoms with Crippen molar-refractivity contribution in [2.75, 3.05) is 26.8 Å². The first-order chi connectivity index (χ1) is 15.1. The van der Waals surface area contributed by atoms with Gasteiger partial charge in [-0.05, 0) is 68.0 Å². The fourth-order valence-corrected chi connectivity index (χ4v) is 4.34. The van der Waals surface area contributed by atoms with Gasteiger partial charge in [0.15, 0.2) is 11.5 Å². The summed E-state index contributed by atoms with van der Waals surface area (Å²) < 4.78 is 11.1. The monoisotopic (exact) mass is 444 g/mol. The first kappa shape index (κ1) is 23.4. The predicted molar refractivity (Wildman–Crippen MR) is 125 cm³/mol. The zero-order valence-electron chi connectivity index (χ0n) is 18.5. The Balaban J connectivity index is 1.45. The van der Waals surface area contributed by atoms with Crippen molar-refractivity contribution in [3.05, 3.63) is 58.6 Å². The minimum Gasteiger partial charge on any atom is -0.493 e. The summed E-state index contributed by atoms with van der Waals surface area (Å²) in [5.41, 5.74) is 2.18. The van der Waals surface area contributed by atoms with Gasteiger partial charge in [0.1, 0.15) is 0 Å². The molecule has 1 fully saturated rings. The molecular weight excluding hydrogens is 412 g/mol. The van der Waals surface area contributed by atoms with Crippen LogP contribution in [0.2, 0.25) is 5.02 Å². The predicted octanol–water partition coefficient (Wildman–Crippen LogP) is 5.06. The van der Waals surface area contributed by atoms with E-state index in [0.29, 0.717) is 30.5 Å². The Morgan fingerprint density at radius 2 is 2.06 bits per heavy atom. The van der Waals surface area contributed by atoms with E-state index in [9.17, 15) is 4.79 Å². The van der Waals surface area contributed by atoms with Crippen LogP contribution in [0.1, 0.15) is 43.7 Å². The van der Waals surface area contributed by atoms with Gasteiger partial charge >= 0.3 is 0 Å². The molecule has 1 N–H and O–H groups in total. The minimum absolute atomic E-state index is 0.0913. The molecular formula is C25H33ClN2O3. The maximum Gasteiger partial charge on any atom is 0.220 e. The number of hydrogen-bond donors (Lipinski definition) is 1. The molecule has 1 atom stereocenters. The van der Waals surface area contributed by atoms with E-state index < -0.39 is 0 Å². The smallest absolute Gasteiger partial charge is 0.220 e. The number of hydrogen-bond acceptors (Lipinski definition) is 4. The lowest BCUT2D eigenvalue weighted by Gasteiger charge is -2.32. The highest BCUT2D eigenvalue weighted by atomic mass is 35.5. The molecule has 3 rings (SSSR count). The van der Waals surface area contributed by atoms with Crippen molar-refractivity contribution in [2.45, 2.75) is 45.7 Å². The molecule has 2 aromatic rings. The van der Waals surface area contributed by atoms with Gasteiger partial charge in [-0.1, -0.05) is 35.9 Å². The van der Waals surface area contributed by atoms with Gasteiger partial charge in [0.2, 0.25) is 5.91 Å². The number of carbonyl (C=O) groups excluding carboxylic acids is 1. The van der Waals surface area contributed by atoms with Crippen molar-refractivity contribution in [3.63, 3.8) is 0 Å². The van der Waals surface area contributed by atoms with Crippen molar-refractivity contribution in [3.8, 4) is 11.5 Å². The average Bonchev–Trinajstić information content (AvgIpc) is 2.78. The number of methoxy groups -OCH3 is 1. The zero-order valence-corrected chi connectivity index (χ0v) is 19.3. The van der Waals surface area contributed by atoms with Crippen LogP contribution >= 0.6 is 11.6 Å². The van der Waals surface area contributed by atoms with Crippen molar-refractivity contribution >= 4 is 17.5 Å². The summed E-state index contributed by atoms with van der Waals surface area (Å²) in [6.07, 6.45) is 3.82. The second kappa shape index (κ2) is 12.0. The molecule has 0 bridgehead atoms. The number of amides is 1. The molecule has 168 valence electrons. The molecule has 31 heavy (non-hydrogen) atoms. The summed E-state index contributed by atoms with van der Waals surface area (Å²) >= 11 is 6.16. The summed E-state index contributed by atoms with van der Waals surface area (Å²) in [5, 5.41) is 3.69. The van der Waals surface area contributed by atoms with Crippen LogP contribution in [0.4, 0.5) is 0 Å². The molecule has 0 spiro atoms. The standard InChI is InChI=1S/C25H33ClN2O3/c1-3-31-24-15-20(10-12-23(24)30-2)18-28-14-6-7-19(17-28)11-13-25(29)27-16-21-8-4-5-9-22(21)26/h4-5,8-10,12,15,19H,3,6-7,11,13-14,16-18H2,1-2H3,(H,27,29)/t19-/m0/s1. The summed E-state index contributed by atoms with van der Waals surface area (Å²) in [7, 11) is 1.66. The fourth-order valence-electron chi connectivity index (χ4n) is 4.14. The lowest BCUT2D eigenvalue weighted by molar-refractivity contribution is -0.121. The number of likely N-dealkylation sites (tertiary alicyclic amines) is 1. The van der Waals surface area contributed by atoms with Crippen molar-refractivity contribution in [2.24, 2.45) is 5.92 Å². The quantitative estimate of drug-likeness (QED) is 0.556. The van der Waals surface area contributed by atoms with Crippen molar-refractivity contribution in [1.29, 1.82) is 0 Å². The zero-order chi connectivity index (χ0) is 22.1. The summed E-state index contributed by atoms with van der Waals surface area (Å²) in [5.74, 6) is 2.20. The Kier molecular flexibility index (Phi) is 9.04. The minimum atomic E-state index is 0.0913. The summed E-state index contributed by atoms with van der Waals surface area (Å²) in [6.45, 7) is 6.07. The highest BCUT2D eigenvalue weighted by Gasteiger charge is 2.21. The average molecular weight is 445 g/mol. The second-order valence-corrected chi connectivity index (χ2v) is 8.48. The van der Waals surface area contributed by atoms with E-state index in [0.717, 1.165) is 43.1 Å². The van der Waals surface area contributed by atoms with E-state index in [1.807, 2.05) is 37.3 Å². The molecule has 0 saturated carbocycles. The normalized spacial score (nSPS) is 16.7. The fraction of sp³-hybridized carbons (Fsp3) is 0.480. The third-order valence-electron chi connectivity index (χ3n) is 5.75. The number of benzene rings is 2. The number of piperidine rings is 1. The topological polar surface area (TPSA) is 50.8 Å². The summed E-state index contributed by atoms with van der Waals surface area (Å²) in [4.78, 5) is 14.8. The van der Waals surface area contributed by atoms with Crippen LogP contribution in [-0.4, -0.2) is 37.6 Å². The highest BCUT2D eigenvalue weighted by molar-refractivity contribution is 6.31. The Morgan fingerprint density at radius 3 is 2.84 bits per heavy atom. The van der Waals surface area contributed by atoms with Gasteiger partial charge in [-0.25, -0.2) is 0 Å². The van der Waals surface area contributed by atoms with Crippen molar-refractivity contribution in [1.82, 2.24) is 10.2 Å². The molecule has 0 aliphatic carbocycles. The highest BCUT2D eigenvalue weighted by Crippen LogP contribution is 2.29. The molecule has 1 saturated heterocycles. The maximum absolute atomic E-state index is 12.3. The van der Waals surface area contributed by atoms with Gasteiger partial charge in [0.05, 0.1) is 13.7 Å². The third kappa shape index (κ3) is 7.15. The van der Waals surface area contributed by atoms with Crippen LogP contribution in [0.5, 0.6) is 11.5 Å². The summed E-state index contributed by atoms with van der Waals surface area (Å²) in [6, 6.07) is 13.8. The Bertz CT molecular complexity index is 858. The van der Waals surface area contributed by atoms with Crippen molar-refractivity contribution < 1.29 is 14.3 Å². The van der Waals surface area contributed by atoms with Crippen LogP contribution in [0.25, 0.3) is 0 Å². The number of nitrogens with zero attached hydrogens (tertiary/aromatic N) is 1. The van der Waals surface area contributed by atoms with Crippen LogP contribution in [0, 0.1) is 5.92 Å². The number of nitrogens with one attached hydrogen (secondary N) is 1. The maximum atomic E-state index is 12.3. The number of halogens is 1. The first-order valence-corrected chi connectivity index (χ1v) is 11.5. The van der Waals surface area contributed by atoms with Crippen LogP contribution < -0.4 is 14.8 Å². The van der Waals surface area contributed by atoms with Gasteiger partial charge in [-0.15, -0.1) is 0 Å². The van der Waals surface area contributed by atoms with E-state index in [2.05, 4.69) is 22.3 Å². The van der Waals surface area contributed by atoms with Gasteiger partial charge in [0, 0.05) is 31.1 Å². The van der Waals surface area contributed by atoms with E-state index in [4.69, 9.17) is 21.1 Å². The van der Waals surface area contributed by atoms with Gasteiger partial charge in [-0.3, -0.25) is 9.69 Å². The lowest BCUT2D eigenvalue weighted by Crippen LogP contribution is -2.35. The molecule has 1 amide bonds. The molecule has 1 aliphatic heterocycles. The molecule has 1 heterocycles. The lowest BCUT2D eigenvalue weighted by atomic mass is 9.93. The third-order valence-corrected chi connectivity index (χ3v) is 6.12. The van der Waals surface area contributed by atoms with Crippen LogP contribution in [0.3, 0.4) is 0 Å². The molecule has 6 heteroatoms. The second-order valence-electron chi connectivity index (χ2n) is 8.07. The number of carbonyl (C=O) groups is 1. The van der Waals surface area contributed by atoms with E-state index in [-0.39, 0.29) is 5.91 Å². The molecule has 1 aliphatic rings. The first-order valence-electron chi connectivity index (χ1n) is 11.1. The van der Waals surface area contributed by atoms with Gasteiger partial charge in [-0.2, -0.15) is 0 Å². The molecule has 2 aromatic carbocycles. The largest absolute Gasteiger partial charge is 0.493 e.